The van der Waals surface area contributed by atoms with E-state index in [0.717, 1.165) is 78.4 Å². The smallest absolute Gasteiger partial charge is 0.0715 e. The third-order valence-corrected chi connectivity index (χ3v) is 10.8. The quantitative estimate of drug-likeness (QED) is 0.155. The van der Waals surface area contributed by atoms with Crippen LogP contribution in [0.1, 0.15) is 0 Å². The van der Waals surface area contributed by atoms with Gasteiger partial charge in [-0.05, 0) is 104 Å². The zero-order valence-corrected chi connectivity index (χ0v) is 31.8. The van der Waals surface area contributed by atoms with E-state index in [-0.39, 0.29) is 0 Å². The van der Waals surface area contributed by atoms with Gasteiger partial charge in [0.25, 0.3) is 0 Å². The Morgan fingerprint density at radius 2 is 0.483 bits per heavy atom. The molecule has 2 nitrogen and oxygen atoms in total. The van der Waals surface area contributed by atoms with E-state index in [2.05, 4.69) is 218 Å². The second-order valence-electron chi connectivity index (χ2n) is 14.7. The van der Waals surface area contributed by atoms with Crippen molar-refractivity contribution in [1.29, 1.82) is 0 Å². The summed E-state index contributed by atoms with van der Waals surface area (Å²) in [6.45, 7) is 0. The van der Waals surface area contributed by atoms with Crippen molar-refractivity contribution in [2.24, 2.45) is 0 Å². The number of benzene rings is 8. The summed E-state index contributed by atoms with van der Waals surface area (Å²) in [7, 11) is 0. The highest BCUT2D eigenvalue weighted by Gasteiger charge is 2.13. The summed E-state index contributed by atoms with van der Waals surface area (Å²) in [6.07, 6.45) is 0. The average Bonchev–Trinajstić information content (AvgIpc) is 3.32. The maximum absolute atomic E-state index is 5.19. The van der Waals surface area contributed by atoms with Crippen molar-refractivity contribution in [2.75, 3.05) is 0 Å². The molecule has 0 saturated carbocycles. The number of hydrogen-bond donors (Lipinski definition) is 0. The first kappa shape index (κ1) is 34.8. The number of fused-ring (bicyclic) bond motifs is 1. The molecule has 0 N–H and O–H groups in total. The fraction of sp³-hybridized carbons (Fsp3) is 0. The predicted molar refractivity (Wildman–Crippen MR) is 243 cm³/mol. The van der Waals surface area contributed by atoms with Crippen molar-refractivity contribution >= 4 is 10.8 Å². The lowest BCUT2D eigenvalue weighted by atomic mass is 9.94. The van der Waals surface area contributed by atoms with E-state index >= 15 is 0 Å². The van der Waals surface area contributed by atoms with Gasteiger partial charge in [-0.25, -0.2) is 9.97 Å². The molecule has 0 amide bonds. The van der Waals surface area contributed by atoms with E-state index in [0.29, 0.717) is 0 Å². The number of aromatic nitrogens is 2. The molecule has 0 unspecified atom stereocenters. The van der Waals surface area contributed by atoms with E-state index in [9.17, 15) is 0 Å². The lowest BCUT2D eigenvalue weighted by Gasteiger charge is -2.12. The minimum absolute atomic E-state index is 0.949. The molecule has 0 aliphatic carbocycles. The summed E-state index contributed by atoms with van der Waals surface area (Å²) in [5.41, 5.74) is 17.4. The molecule has 2 heterocycles. The second kappa shape index (κ2) is 15.5. The van der Waals surface area contributed by atoms with Crippen LogP contribution in [0.3, 0.4) is 0 Å². The summed E-state index contributed by atoms with van der Waals surface area (Å²) >= 11 is 0. The third-order valence-electron chi connectivity index (χ3n) is 10.8. The van der Waals surface area contributed by atoms with Gasteiger partial charge < -0.3 is 0 Å². The largest absolute Gasteiger partial charge is 0.248 e. The summed E-state index contributed by atoms with van der Waals surface area (Å²) in [6, 6.07) is 81.8. The van der Waals surface area contributed by atoms with Crippen LogP contribution in [0, 0.1) is 0 Å². The Hall–Kier alpha value is -7.68. The molecule has 8 aromatic carbocycles. The molecule has 2 heteroatoms. The van der Waals surface area contributed by atoms with Crippen LogP contribution in [0.2, 0.25) is 0 Å². The van der Waals surface area contributed by atoms with Crippen molar-refractivity contribution in [3.63, 3.8) is 0 Å². The van der Waals surface area contributed by atoms with Gasteiger partial charge in [0.05, 0.1) is 22.8 Å². The van der Waals surface area contributed by atoms with E-state index in [4.69, 9.17) is 9.97 Å². The van der Waals surface area contributed by atoms with Crippen LogP contribution >= 0.6 is 0 Å². The Morgan fingerprint density at radius 1 is 0.172 bits per heavy atom. The van der Waals surface area contributed by atoms with Crippen molar-refractivity contribution < 1.29 is 0 Å². The third kappa shape index (κ3) is 7.23. The van der Waals surface area contributed by atoms with Gasteiger partial charge in [-0.15, -0.1) is 0 Å². The highest BCUT2D eigenvalue weighted by Crippen LogP contribution is 2.36. The van der Waals surface area contributed by atoms with E-state index in [1.165, 1.54) is 21.9 Å². The minimum atomic E-state index is 0.949. The Balaban J connectivity index is 1.00. The molecule has 2 aromatic heterocycles. The molecule has 0 saturated heterocycles. The fourth-order valence-electron chi connectivity index (χ4n) is 7.79. The van der Waals surface area contributed by atoms with Gasteiger partial charge in [0, 0.05) is 22.3 Å². The first-order valence-electron chi connectivity index (χ1n) is 19.7. The van der Waals surface area contributed by atoms with Crippen LogP contribution in [-0.2, 0) is 0 Å². The molecular weight excluding hydrogens is 701 g/mol. The predicted octanol–water partition coefficient (Wildman–Crippen LogP) is 15.0. The first-order valence-corrected chi connectivity index (χ1v) is 19.7. The summed E-state index contributed by atoms with van der Waals surface area (Å²) < 4.78 is 0. The minimum Gasteiger partial charge on any atom is -0.248 e. The van der Waals surface area contributed by atoms with Crippen molar-refractivity contribution in [1.82, 2.24) is 9.97 Å². The van der Waals surface area contributed by atoms with Crippen molar-refractivity contribution in [2.45, 2.75) is 0 Å². The SMILES string of the molecule is c1ccc(-c2cc(-c3ccccc3)nc(-c3cccc(-c4ccc5ccc(-c6cccc(-c7cc(-c8ccccc8)cc(-c8ccccc8)n7)c6)cc5c4)c3)c2)cc1. The second-order valence-corrected chi connectivity index (χ2v) is 14.7. The highest BCUT2D eigenvalue weighted by atomic mass is 14.7. The zero-order valence-electron chi connectivity index (χ0n) is 31.8. The monoisotopic (exact) mass is 738 g/mol. The van der Waals surface area contributed by atoms with Crippen LogP contribution in [0.15, 0.2) is 231 Å². The van der Waals surface area contributed by atoms with Crippen molar-refractivity contribution in [3.8, 4) is 89.5 Å². The molecule has 0 atom stereocenters. The fourth-order valence-corrected chi connectivity index (χ4v) is 7.79. The molecule has 0 radical (unpaired) electrons. The Labute approximate surface area is 339 Å². The van der Waals surface area contributed by atoms with Gasteiger partial charge in [0.2, 0.25) is 0 Å². The Bertz CT molecular complexity index is 2710. The summed E-state index contributed by atoms with van der Waals surface area (Å²) in [5, 5.41) is 2.39. The van der Waals surface area contributed by atoms with Crippen LogP contribution in [0.4, 0.5) is 0 Å². The lowest BCUT2D eigenvalue weighted by Crippen LogP contribution is -1.92. The van der Waals surface area contributed by atoms with Crippen LogP contribution in [0.25, 0.3) is 100 Å². The van der Waals surface area contributed by atoms with Crippen LogP contribution < -0.4 is 0 Å². The van der Waals surface area contributed by atoms with E-state index in [1.54, 1.807) is 0 Å². The van der Waals surface area contributed by atoms with Gasteiger partial charge in [-0.1, -0.05) is 182 Å². The zero-order chi connectivity index (χ0) is 38.7. The normalized spacial score (nSPS) is 11.1. The maximum atomic E-state index is 5.19. The van der Waals surface area contributed by atoms with Gasteiger partial charge in [-0.2, -0.15) is 0 Å². The molecule has 272 valence electrons. The molecule has 0 aliphatic rings. The molecule has 0 spiro atoms. The van der Waals surface area contributed by atoms with Crippen molar-refractivity contribution in [3.05, 3.63) is 231 Å². The standard InChI is InChI=1S/C56H38N2/c1-5-15-39(16-6-1)51-35-53(42-19-9-3-10-20-42)57-55(37-51)48-25-13-23-44(31-48)46-29-27-41-28-30-47(34-50(41)33-46)45-24-14-26-49(32-45)56-38-52(40-17-7-2-8-18-40)36-54(58-56)43-21-11-4-12-22-43/h1-38H. The average molecular weight is 739 g/mol. The highest BCUT2D eigenvalue weighted by molar-refractivity contribution is 5.92. The van der Waals surface area contributed by atoms with E-state index < -0.39 is 0 Å². The lowest BCUT2D eigenvalue weighted by molar-refractivity contribution is 1.32. The Kier molecular flexibility index (Phi) is 9.27. The van der Waals surface area contributed by atoms with Gasteiger partial charge >= 0.3 is 0 Å². The molecule has 10 rings (SSSR count). The Morgan fingerprint density at radius 3 is 0.879 bits per heavy atom. The molecule has 10 aromatic rings. The summed E-state index contributed by atoms with van der Waals surface area (Å²) in [4.78, 5) is 10.4. The van der Waals surface area contributed by atoms with Gasteiger partial charge in [-0.3, -0.25) is 0 Å². The first-order chi connectivity index (χ1) is 28.7. The topological polar surface area (TPSA) is 25.8 Å². The number of rotatable bonds is 8. The maximum Gasteiger partial charge on any atom is 0.0715 e. The molecular formula is C56H38N2. The van der Waals surface area contributed by atoms with E-state index in [1.807, 2.05) is 12.1 Å². The molecule has 58 heavy (non-hydrogen) atoms. The molecule has 0 bridgehead atoms. The number of pyridine rings is 2. The number of hydrogen-bond acceptors (Lipinski definition) is 2. The van der Waals surface area contributed by atoms with Crippen LogP contribution in [0.5, 0.6) is 0 Å². The molecule has 0 aliphatic heterocycles. The van der Waals surface area contributed by atoms with Gasteiger partial charge in [0.1, 0.15) is 0 Å². The van der Waals surface area contributed by atoms with Gasteiger partial charge in [0.15, 0.2) is 0 Å². The summed E-state index contributed by atoms with van der Waals surface area (Å²) in [5.74, 6) is 0. The van der Waals surface area contributed by atoms with Crippen LogP contribution in [-0.4, -0.2) is 9.97 Å². The number of nitrogens with zero attached hydrogens (tertiary/aromatic N) is 2. The molecule has 0 fully saturated rings.